The van der Waals surface area contributed by atoms with Crippen LogP contribution in [0.4, 0.5) is 0 Å². The minimum Gasteiger partial charge on any atom is -0.481 e. The van der Waals surface area contributed by atoms with Crippen molar-refractivity contribution in [1.82, 2.24) is 0 Å². The van der Waals surface area contributed by atoms with E-state index < -0.39 is 5.97 Å². The van der Waals surface area contributed by atoms with Gasteiger partial charge in [-0.25, -0.2) is 0 Å². The number of carboxylic acids is 1. The van der Waals surface area contributed by atoms with Crippen LogP contribution in [0.3, 0.4) is 0 Å². The van der Waals surface area contributed by atoms with Crippen molar-refractivity contribution in [3.8, 4) is 11.8 Å². The highest BCUT2D eigenvalue weighted by Gasteiger charge is 1.91. The average molecular weight is 189 g/mol. The number of carbonyl (C=O) groups is 1. The summed E-state index contributed by atoms with van der Waals surface area (Å²) in [6.07, 6.45) is -0.132. The van der Waals surface area contributed by atoms with Crippen molar-refractivity contribution < 1.29 is 9.90 Å². The quantitative estimate of drug-likeness (QED) is 0.681. The summed E-state index contributed by atoms with van der Waals surface area (Å²) in [5, 5.41) is 8.37. The third kappa shape index (κ3) is 3.30. The minimum absolute atomic E-state index is 0.132. The van der Waals surface area contributed by atoms with Gasteiger partial charge in [0.25, 0.3) is 0 Å². The van der Waals surface area contributed by atoms with Crippen molar-refractivity contribution in [2.24, 2.45) is 5.73 Å². The Balaban J connectivity index is 2.74. The second-order valence-electron chi connectivity index (χ2n) is 2.78. The smallest absolute Gasteiger partial charge is 0.315 e. The zero-order valence-corrected chi connectivity index (χ0v) is 7.66. The fourth-order valence-corrected chi connectivity index (χ4v) is 0.998. The third-order valence-electron chi connectivity index (χ3n) is 1.64. The summed E-state index contributed by atoms with van der Waals surface area (Å²) in [5.74, 6) is 4.42. The van der Waals surface area contributed by atoms with Crippen molar-refractivity contribution in [2.75, 3.05) is 0 Å². The molecule has 1 aromatic carbocycles. The van der Waals surface area contributed by atoms with Gasteiger partial charge < -0.3 is 10.8 Å². The molecule has 0 fully saturated rings. The van der Waals surface area contributed by atoms with E-state index in [0.717, 1.165) is 11.1 Å². The van der Waals surface area contributed by atoms with Gasteiger partial charge in [-0.15, -0.1) is 0 Å². The highest BCUT2D eigenvalue weighted by molar-refractivity contribution is 5.70. The Hall–Kier alpha value is -1.79. The monoisotopic (exact) mass is 189 g/mol. The van der Waals surface area contributed by atoms with Crippen molar-refractivity contribution in [2.45, 2.75) is 13.0 Å². The number of aliphatic carboxylic acids is 1. The SMILES string of the molecule is NCc1cccc(C#CCC(=O)O)c1. The van der Waals surface area contributed by atoms with Crippen molar-refractivity contribution >= 4 is 5.97 Å². The summed E-state index contributed by atoms with van der Waals surface area (Å²) in [6.45, 7) is 0.467. The molecule has 0 heterocycles. The molecule has 0 saturated heterocycles. The summed E-state index contributed by atoms with van der Waals surface area (Å²) in [4.78, 5) is 10.2. The molecular weight excluding hydrogens is 178 g/mol. The van der Waals surface area contributed by atoms with E-state index in [-0.39, 0.29) is 6.42 Å². The summed E-state index contributed by atoms with van der Waals surface area (Å²) in [6, 6.07) is 7.44. The molecule has 0 aromatic heterocycles. The van der Waals surface area contributed by atoms with Gasteiger partial charge in [0.05, 0.1) is 0 Å². The molecule has 0 bridgehead atoms. The average Bonchev–Trinajstić information content (AvgIpc) is 2.18. The molecule has 0 atom stereocenters. The van der Waals surface area contributed by atoms with E-state index >= 15 is 0 Å². The highest BCUT2D eigenvalue weighted by atomic mass is 16.4. The Bertz CT molecular complexity index is 388. The number of benzene rings is 1. The van der Waals surface area contributed by atoms with E-state index in [2.05, 4.69) is 11.8 Å². The molecule has 3 nitrogen and oxygen atoms in total. The van der Waals surface area contributed by atoms with Crippen LogP contribution in [0.15, 0.2) is 24.3 Å². The summed E-state index contributed by atoms with van der Waals surface area (Å²) >= 11 is 0. The van der Waals surface area contributed by atoms with Crippen LogP contribution in [0.2, 0.25) is 0 Å². The van der Waals surface area contributed by atoms with Gasteiger partial charge in [0.1, 0.15) is 6.42 Å². The van der Waals surface area contributed by atoms with Gasteiger partial charge >= 0.3 is 5.97 Å². The van der Waals surface area contributed by atoms with Gasteiger partial charge in [-0.2, -0.15) is 0 Å². The first kappa shape index (κ1) is 10.3. The Morgan fingerprint density at radius 1 is 1.50 bits per heavy atom. The standard InChI is InChI=1S/C11H11NO2/c12-8-10-5-1-3-9(7-10)4-2-6-11(13)14/h1,3,5,7H,6,8,12H2,(H,13,14). The zero-order valence-electron chi connectivity index (χ0n) is 7.66. The second kappa shape index (κ2) is 5.05. The van der Waals surface area contributed by atoms with Gasteiger partial charge in [0, 0.05) is 12.1 Å². The van der Waals surface area contributed by atoms with Gasteiger partial charge in [-0.1, -0.05) is 24.0 Å². The molecule has 72 valence electrons. The lowest BCUT2D eigenvalue weighted by Crippen LogP contribution is -1.95. The van der Waals surface area contributed by atoms with Crippen LogP contribution in [0.25, 0.3) is 0 Å². The number of carboxylic acid groups (broad SMARTS) is 1. The predicted molar refractivity (Wildman–Crippen MR) is 53.5 cm³/mol. The summed E-state index contributed by atoms with van der Waals surface area (Å²) in [5.41, 5.74) is 7.25. The van der Waals surface area contributed by atoms with Crippen molar-refractivity contribution in [1.29, 1.82) is 0 Å². The lowest BCUT2D eigenvalue weighted by Gasteiger charge is -1.95. The lowest BCUT2D eigenvalue weighted by molar-refractivity contribution is -0.135. The van der Waals surface area contributed by atoms with Crippen molar-refractivity contribution in [3.63, 3.8) is 0 Å². The van der Waals surface area contributed by atoms with Crippen LogP contribution in [0.5, 0.6) is 0 Å². The number of hydrogen-bond acceptors (Lipinski definition) is 2. The largest absolute Gasteiger partial charge is 0.481 e. The highest BCUT2D eigenvalue weighted by Crippen LogP contribution is 2.02. The van der Waals surface area contributed by atoms with E-state index in [1.165, 1.54) is 0 Å². The molecule has 3 heteroatoms. The third-order valence-corrected chi connectivity index (χ3v) is 1.64. The Morgan fingerprint density at radius 3 is 2.93 bits per heavy atom. The second-order valence-corrected chi connectivity index (χ2v) is 2.78. The molecule has 0 unspecified atom stereocenters. The van der Waals surface area contributed by atoms with Gasteiger partial charge in [0.2, 0.25) is 0 Å². The molecular formula is C11H11NO2. The Morgan fingerprint density at radius 2 is 2.29 bits per heavy atom. The van der Waals surface area contributed by atoms with Gasteiger partial charge in [0.15, 0.2) is 0 Å². The van der Waals surface area contributed by atoms with E-state index in [4.69, 9.17) is 10.8 Å². The molecule has 0 spiro atoms. The van der Waals surface area contributed by atoms with Crippen LogP contribution < -0.4 is 5.73 Å². The number of nitrogens with two attached hydrogens (primary N) is 1. The van der Waals surface area contributed by atoms with Crippen molar-refractivity contribution in [3.05, 3.63) is 35.4 Å². The van der Waals surface area contributed by atoms with Gasteiger partial charge in [-0.3, -0.25) is 4.79 Å². The Labute approximate surface area is 82.6 Å². The first-order valence-corrected chi connectivity index (χ1v) is 4.22. The molecule has 0 radical (unpaired) electrons. The van der Waals surface area contributed by atoms with Crippen LogP contribution in [0.1, 0.15) is 17.5 Å². The minimum atomic E-state index is -0.910. The van der Waals surface area contributed by atoms with E-state index in [1.54, 1.807) is 0 Å². The van der Waals surface area contributed by atoms with Crippen LogP contribution in [0, 0.1) is 11.8 Å². The Kier molecular flexibility index (Phi) is 3.71. The maximum Gasteiger partial charge on any atom is 0.315 e. The molecule has 0 saturated carbocycles. The number of rotatable bonds is 2. The van der Waals surface area contributed by atoms with Crippen LogP contribution in [-0.2, 0) is 11.3 Å². The fourth-order valence-electron chi connectivity index (χ4n) is 0.998. The topological polar surface area (TPSA) is 63.3 Å². The molecule has 14 heavy (non-hydrogen) atoms. The van der Waals surface area contributed by atoms with E-state index in [0.29, 0.717) is 6.54 Å². The lowest BCUT2D eigenvalue weighted by atomic mass is 10.1. The molecule has 1 aromatic rings. The molecule has 0 aliphatic heterocycles. The van der Waals surface area contributed by atoms with Crippen LogP contribution >= 0.6 is 0 Å². The van der Waals surface area contributed by atoms with E-state index in [9.17, 15) is 4.79 Å². The fraction of sp³-hybridized carbons (Fsp3) is 0.182. The maximum absolute atomic E-state index is 10.2. The number of hydrogen-bond donors (Lipinski definition) is 2. The van der Waals surface area contributed by atoms with E-state index in [1.807, 2.05) is 24.3 Å². The summed E-state index contributed by atoms with van der Waals surface area (Å²) < 4.78 is 0. The molecule has 0 aliphatic rings. The van der Waals surface area contributed by atoms with Gasteiger partial charge in [-0.05, 0) is 17.7 Å². The first-order valence-electron chi connectivity index (χ1n) is 4.22. The normalized spacial score (nSPS) is 8.93. The first-order chi connectivity index (χ1) is 6.72. The van der Waals surface area contributed by atoms with Crippen LogP contribution in [-0.4, -0.2) is 11.1 Å². The molecule has 1 rings (SSSR count). The molecule has 0 aliphatic carbocycles. The zero-order chi connectivity index (χ0) is 10.4. The molecule has 0 amide bonds. The maximum atomic E-state index is 10.2. The molecule has 3 N–H and O–H groups in total. The summed E-state index contributed by atoms with van der Waals surface area (Å²) in [7, 11) is 0. The predicted octanol–water partition coefficient (Wildman–Crippen LogP) is 0.972.